The van der Waals surface area contributed by atoms with Crippen molar-refractivity contribution in [1.29, 1.82) is 0 Å². The topological polar surface area (TPSA) is 35.5 Å². The van der Waals surface area contributed by atoms with Crippen molar-refractivity contribution in [3.8, 4) is 0 Å². The Morgan fingerprint density at radius 1 is 0.333 bits per heavy atom. The van der Waals surface area contributed by atoms with Gasteiger partial charge in [-0.05, 0) is 231 Å². The van der Waals surface area contributed by atoms with Gasteiger partial charge in [0.05, 0.1) is 15.7 Å². The fourth-order valence-corrected chi connectivity index (χ4v) is 12.2. The van der Waals surface area contributed by atoms with Crippen molar-refractivity contribution in [1.82, 2.24) is 9.97 Å². The molecule has 0 radical (unpaired) electrons. The first-order chi connectivity index (χ1) is 41.0. The highest BCUT2D eigenvalue weighted by atomic mass is 79.9. The van der Waals surface area contributed by atoms with Crippen LogP contribution >= 0.6 is 71.0 Å². The Morgan fingerprint density at radius 2 is 0.644 bits per heavy atom. The number of hydrogen-bond donors (Lipinski definition) is 0. The van der Waals surface area contributed by atoms with E-state index in [2.05, 4.69) is 328 Å². The summed E-state index contributed by atoms with van der Waals surface area (Å²) in [7, 11) is 0. The smallest absolute Gasteiger partial charge is 0.140 e. The molecule has 10 rings (SSSR count). The molecule has 0 amide bonds. The minimum Gasteiger partial charge on any atom is -0.295 e. The Balaban J connectivity index is 0.000000198. The average molecular weight is 1390 g/mol. The maximum Gasteiger partial charge on any atom is 0.140 e. The number of aromatic nitrogens is 2. The molecule has 10 heteroatoms. The molecule has 0 atom stereocenters. The number of pyridine rings is 2. The van der Waals surface area contributed by atoms with Crippen LogP contribution in [0.15, 0.2) is 232 Å². The van der Waals surface area contributed by atoms with Gasteiger partial charge in [0.1, 0.15) is 17.5 Å². The quantitative estimate of drug-likeness (QED) is 0.121. The van der Waals surface area contributed by atoms with E-state index in [1.807, 2.05) is 49.4 Å². The third-order valence-corrected chi connectivity index (χ3v) is 18.3. The predicted octanol–water partition coefficient (Wildman–Crippen LogP) is 25.3. The molecule has 448 valence electrons. The van der Waals surface area contributed by atoms with Crippen molar-refractivity contribution in [2.75, 3.05) is 14.7 Å². The summed E-state index contributed by atoms with van der Waals surface area (Å²) in [5.74, 6) is 2.51. The van der Waals surface area contributed by atoms with Crippen molar-refractivity contribution in [2.24, 2.45) is 0 Å². The first kappa shape index (κ1) is 66.4. The lowest BCUT2D eigenvalue weighted by molar-refractivity contribution is 0.590. The minimum atomic E-state index is 0.0629. The van der Waals surface area contributed by atoms with E-state index in [0.29, 0.717) is 5.02 Å². The summed E-state index contributed by atoms with van der Waals surface area (Å²) in [6.45, 7) is 31.0. The summed E-state index contributed by atoms with van der Waals surface area (Å²) in [5.41, 5.74) is 16.3. The first-order valence-electron chi connectivity index (χ1n) is 29.5. The lowest BCUT2D eigenvalue weighted by Crippen LogP contribution is -2.17. The molecule has 0 bridgehead atoms. The zero-order valence-electron chi connectivity index (χ0n) is 52.6. The fourth-order valence-electron chi connectivity index (χ4n) is 9.95. The number of rotatable bonds is 11. The third-order valence-electron chi connectivity index (χ3n) is 14.9. The first-order valence-corrected chi connectivity index (χ1v) is 32.6. The Morgan fingerprint density at radius 3 is 1.02 bits per heavy atom. The number of benzene rings is 8. The number of hydrogen-bond acceptors (Lipinski definition) is 5. The zero-order chi connectivity index (χ0) is 63.0. The fraction of sp³-hybridized carbons (Fsp3) is 0.247. The lowest BCUT2D eigenvalue weighted by atomic mass is 9.86. The maximum absolute atomic E-state index is 6.93. The Bertz CT molecular complexity index is 3750. The lowest BCUT2D eigenvalue weighted by Gasteiger charge is -2.30. The minimum absolute atomic E-state index is 0.0629. The number of para-hydroxylation sites is 1. The molecule has 10 aromatic rings. The number of halogens is 5. The van der Waals surface area contributed by atoms with Gasteiger partial charge in [0.25, 0.3) is 0 Å². The molecule has 0 unspecified atom stereocenters. The zero-order valence-corrected chi connectivity index (χ0v) is 58.9. The average Bonchev–Trinajstić information content (AvgIpc) is 1.20. The van der Waals surface area contributed by atoms with Gasteiger partial charge >= 0.3 is 0 Å². The Labute approximate surface area is 554 Å². The molecular formula is C77H80Br3Cl2N5. The van der Waals surface area contributed by atoms with Crippen LogP contribution < -0.4 is 14.7 Å². The normalized spacial score (nSPS) is 11.7. The maximum atomic E-state index is 6.93. The van der Waals surface area contributed by atoms with Gasteiger partial charge in [-0.25, -0.2) is 9.97 Å². The van der Waals surface area contributed by atoms with Crippen LogP contribution in [0.5, 0.6) is 0 Å². The van der Waals surface area contributed by atoms with E-state index in [0.717, 1.165) is 87.7 Å². The molecule has 0 aliphatic rings. The highest BCUT2D eigenvalue weighted by molar-refractivity contribution is 9.11. The van der Waals surface area contributed by atoms with E-state index in [1.165, 1.54) is 33.4 Å². The monoisotopic (exact) mass is 1380 g/mol. The number of aryl methyl sites for hydroxylation is 2. The summed E-state index contributed by atoms with van der Waals surface area (Å²) in [4.78, 5) is 17.0. The van der Waals surface area contributed by atoms with E-state index in [4.69, 9.17) is 33.2 Å². The molecule has 5 nitrogen and oxygen atoms in total. The van der Waals surface area contributed by atoms with Crippen LogP contribution in [-0.4, -0.2) is 9.97 Å². The van der Waals surface area contributed by atoms with Crippen molar-refractivity contribution >= 4 is 123 Å². The summed E-state index contributed by atoms with van der Waals surface area (Å²) < 4.78 is 2.71. The molecule has 2 heterocycles. The van der Waals surface area contributed by atoms with Gasteiger partial charge < -0.3 is 0 Å². The van der Waals surface area contributed by atoms with Gasteiger partial charge in [-0.1, -0.05) is 215 Å². The van der Waals surface area contributed by atoms with Gasteiger partial charge in [0.2, 0.25) is 0 Å². The molecule has 8 aromatic carbocycles. The summed E-state index contributed by atoms with van der Waals surface area (Å²) in [6.07, 6.45) is 0.814. The third kappa shape index (κ3) is 17.4. The molecule has 0 saturated heterocycles. The molecule has 0 fully saturated rings. The summed E-state index contributed by atoms with van der Waals surface area (Å²) >= 11 is 23.1. The number of nitrogens with zero attached hydrogens (tertiary/aromatic N) is 5. The van der Waals surface area contributed by atoms with Crippen LogP contribution in [0.25, 0.3) is 0 Å². The van der Waals surface area contributed by atoms with Gasteiger partial charge in [0.15, 0.2) is 0 Å². The van der Waals surface area contributed by atoms with Crippen LogP contribution in [-0.2, 0) is 28.1 Å². The van der Waals surface area contributed by atoms with E-state index in [9.17, 15) is 0 Å². The second-order valence-electron chi connectivity index (χ2n) is 26.2. The van der Waals surface area contributed by atoms with Crippen molar-refractivity contribution in [3.63, 3.8) is 0 Å². The van der Waals surface area contributed by atoms with E-state index in [-0.39, 0.29) is 21.7 Å². The summed E-state index contributed by atoms with van der Waals surface area (Å²) in [6, 6.07) is 76.8. The van der Waals surface area contributed by atoms with Crippen LogP contribution in [0, 0.1) is 13.8 Å². The van der Waals surface area contributed by atoms with E-state index >= 15 is 0 Å². The van der Waals surface area contributed by atoms with Crippen molar-refractivity contribution in [2.45, 2.75) is 125 Å². The molecule has 2 aromatic heterocycles. The Hall–Kier alpha value is -6.52. The van der Waals surface area contributed by atoms with E-state index < -0.39 is 0 Å². The Kier molecular flexibility index (Phi) is 21.6. The number of anilines is 9. The van der Waals surface area contributed by atoms with Gasteiger partial charge in [0, 0.05) is 54.0 Å². The second kappa shape index (κ2) is 28.3. The largest absolute Gasteiger partial charge is 0.295 e. The van der Waals surface area contributed by atoms with Crippen molar-refractivity contribution < 1.29 is 0 Å². The standard InChI is InChI=1S/C38H39BrClN3.C32H36N2.C7H5Br2Cl/c1-26-24-32(39)36(40)33(25-26)43(29-12-9-8-10-13-29)35-15-11-14-34(41-35)42(30-20-16-27(17-21-30)37(2,3)4)31-22-18-28(19-23-31)38(5,6)7;1-31(2,3)25-15-19-28(20-16-25)34(29-21-17-26(18-22-29)32(4,5)6)30-14-10-13-27(33-30)23-24-11-8-7-9-12-24;1-4-2-5(8)7(10)6(9)3-4/h8-25H,1-7H3;7-22H,23H2,1-6H3;2-3H,1H3. The van der Waals surface area contributed by atoms with Gasteiger partial charge in [-0.2, -0.15) is 0 Å². The second-order valence-corrected chi connectivity index (χ2v) is 29.5. The summed E-state index contributed by atoms with van der Waals surface area (Å²) in [5, 5.41) is 1.36. The van der Waals surface area contributed by atoms with Gasteiger partial charge in [-0.3, -0.25) is 14.7 Å². The van der Waals surface area contributed by atoms with Crippen LogP contribution in [0.4, 0.5) is 51.6 Å². The van der Waals surface area contributed by atoms with Crippen LogP contribution in [0.2, 0.25) is 10.0 Å². The van der Waals surface area contributed by atoms with E-state index in [1.54, 1.807) is 0 Å². The molecule has 0 spiro atoms. The highest BCUT2D eigenvalue weighted by Crippen LogP contribution is 2.44. The molecule has 0 N–H and O–H groups in total. The molecule has 0 aliphatic carbocycles. The molecule has 0 aliphatic heterocycles. The molecule has 0 saturated carbocycles. The highest BCUT2D eigenvalue weighted by Gasteiger charge is 2.24. The van der Waals surface area contributed by atoms with Crippen LogP contribution in [0.1, 0.15) is 128 Å². The van der Waals surface area contributed by atoms with Gasteiger partial charge in [-0.15, -0.1) is 0 Å². The molecule has 87 heavy (non-hydrogen) atoms. The SMILES string of the molecule is CC(C)(C)c1ccc(N(c2ccc(C(C)(C)C)cc2)c2cccc(Cc3ccccc3)n2)cc1.Cc1cc(Br)c(Cl)c(Br)c1.Cc1cc(Br)c(Cl)c(N(c2ccccc2)c2cccc(N(c3ccc(C(C)(C)C)cc3)c3ccc(C(C)(C)C)cc3)n2)c1. The predicted molar refractivity (Wildman–Crippen MR) is 386 cm³/mol. The van der Waals surface area contributed by atoms with Crippen molar-refractivity contribution in [3.05, 3.63) is 286 Å². The molecular weight excluding hydrogens is 1310 g/mol. The van der Waals surface area contributed by atoms with Crippen LogP contribution in [0.3, 0.4) is 0 Å².